The monoisotopic (exact) mass is 306 g/mol. The highest BCUT2D eigenvalue weighted by molar-refractivity contribution is 6.32. The van der Waals surface area contributed by atoms with Crippen molar-refractivity contribution in [3.05, 3.63) is 29.3 Å². The Balaban J connectivity index is 0.00000324. The first-order chi connectivity index (χ1) is 8.35. The van der Waals surface area contributed by atoms with Crippen LogP contribution in [0.2, 0.25) is 5.02 Å². The van der Waals surface area contributed by atoms with Crippen LogP contribution in [0.15, 0.2) is 24.3 Å². The number of para-hydroxylation sites is 1. The molecule has 0 saturated heterocycles. The van der Waals surface area contributed by atoms with Crippen LogP contribution in [0.25, 0.3) is 0 Å². The number of ether oxygens (including phenoxy) is 1. The number of hydrogen-bond acceptors (Lipinski definition) is 3. The Bertz CT molecular complexity index is 425. The number of carbonyl (C=O) groups excluding carboxylic acids is 1. The number of hydrogen-bond donors (Lipinski definition) is 2. The minimum atomic E-state index is -0.629. The lowest BCUT2D eigenvalue weighted by molar-refractivity contribution is -0.128. The Morgan fingerprint density at radius 3 is 2.58 bits per heavy atom. The molecule has 0 radical (unpaired) electrons. The molecule has 1 rings (SSSR count). The molecular formula is C13H20Cl2N2O2. The molecule has 1 amide bonds. The Morgan fingerprint density at radius 1 is 1.47 bits per heavy atom. The van der Waals surface area contributed by atoms with Crippen molar-refractivity contribution in [1.82, 2.24) is 5.32 Å². The highest BCUT2D eigenvalue weighted by Crippen LogP contribution is 2.24. The average molecular weight is 307 g/mol. The second-order valence-electron chi connectivity index (χ2n) is 4.77. The van der Waals surface area contributed by atoms with E-state index in [1.165, 1.54) is 0 Å². The fourth-order valence-electron chi connectivity index (χ4n) is 1.27. The van der Waals surface area contributed by atoms with Crippen LogP contribution >= 0.6 is 24.0 Å². The molecular weight excluding hydrogens is 287 g/mol. The molecule has 0 aromatic heterocycles. The van der Waals surface area contributed by atoms with Crippen molar-refractivity contribution in [2.24, 2.45) is 5.73 Å². The lowest BCUT2D eigenvalue weighted by Crippen LogP contribution is -2.52. The predicted molar refractivity (Wildman–Crippen MR) is 80.1 cm³/mol. The van der Waals surface area contributed by atoms with Gasteiger partial charge in [0, 0.05) is 12.1 Å². The molecule has 6 heteroatoms. The molecule has 0 bridgehead atoms. The van der Waals surface area contributed by atoms with E-state index < -0.39 is 11.6 Å². The van der Waals surface area contributed by atoms with Crippen LogP contribution in [0, 0.1) is 0 Å². The van der Waals surface area contributed by atoms with Crippen LogP contribution in [0.1, 0.15) is 20.8 Å². The Morgan fingerprint density at radius 2 is 2.05 bits per heavy atom. The third-order valence-corrected chi connectivity index (χ3v) is 2.79. The Labute approximate surface area is 125 Å². The van der Waals surface area contributed by atoms with Gasteiger partial charge in [-0.25, -0.2) is 0 Å². The molecule has 0 aliphatic heterocycles. The van der Waals surface area contributed by atoms with Crippen molar-refractivity contribution in [1.29, 1.82) is 0 Å². The van der Waals surface area contributed by atoms with Crippen LogP contribution < -0.4 is 15.8 Å². The standard InChI is InChI=1S/C13H19ClN2O2.ClH/c1-9(12(17)16-13(2,3)8-15)18-11-7-5-4-6-10(11)14;/h4-7,9H,8,15H2,1-3H3,(H,16,17);1H. The second kappa shape index (κ2) is 7.58. The van der Waals surface area contributed by atoms with Gasteiger partial charge in [-0.3, -0.25) is 4.79 Å². The molecule has 1 atom stereocenters. The van der Waals surface area contributed by atoms with E-state index >= 15 is 0 Å². The number of rotatable bonds is 5. The molecule has 108 valence electrons. The summed E-state index contributed by atoms with van der Waals surface area (Å²) in [5.74, 6) is 0.276. The van der Waals surface area contributed by atoms with E-state index in [1.54, 1.807) is 31.2 Å². The quantitative estimate of drug-likeness (QED) is 0.878. The van der Waals surface area contributed by atoms with Gasteiger partial charge >= 0.3 is 0 Å². The number of amides is 1. The number of benzene rings is 1. The number of nitrogens with one attached hydrogen (secondary N) is 1. The zero-order chi connectivity index (χ0) is 13.8. The first-order valence-corrected chi connectivity index (χ1v) is 6.17. The van der Waals surface area contributed by atoms with Crippen LogP contribution in [-0.4, -0.2) is 24.1 Å². The summed E-state index contributed by atoms with van der Waals surface area (Å²) >= 11 is 5.96. The van der Waals surface area contributed by atoms with E-state index in [2.05, 4.69) is 5.32 Å². The molecule has 0 fully saturated rings. The molecule has 4 nitrogen and oxygen atoms in total. The zero-order valence-electron chi connectivity index (χ0n) is 11.3. The van der Waals surface area contributed by atoms with Gasteiger partial charge in [0.1, 0.15) is 5.75 Å². The Hall–Kier alpha value is -0.970. The third kappa shape index (κ3) is 5.68. The fourth-order valence-corrected chi connectivity index (χ4v) is 1.45. The molecule has 3 N–H and O–H groups in total. The van der Waals surface area contributed by atoms with Crippen LogP contribution in [0.4, 0.5) is 0 Å². The Kier molecular flexibility index (Phi) is 7.19. The van der Waals surface area contributed by atoms with E-state index in [4.69, 9.17) is 22.1 Å². The summed E-state index contributed by atoms with van der Waals surface area (Å²) in [5, 5.41) is 3.30. The molecule has 1 aromatic rings. The maximum absolute atomic E-state index is 11.9. The van der Waals surface area contributed by atoms with Crippen molar-refractivity contribution in [3.63, 3.8) is 0 Å². The summed E-state index contributed by atoms with van der Waals surface area (Å²) in [7, 11) is 0. The van der Waals surface area contributed by atoms with Crippen LogP contribution in [-0.2, 0) is 4.79 Å². The third-order valence-electron chi connectivity index (χ3n) is 2.48. The second-order valence-corrected chi connectivity index (χ2v) is 5.17. The minimum Gasteiger partial charge on any atom is -0.479 e. The summed E-state index contributed by atoms with van der Waals surface area (Å²) < 4.78 is 5.51. The summed E-state index contributed by atoms with van der Waals surface area (Å²) in [6.07, 6.45) is -0.629. The van der Waals surface area contributed by atoms with Crippen molar-refractivity contribution < 1.29 is 9.53 Å². The summed E-state index contributed by atoms with van der Waals surface area (Å²) in [6, 6.07) is 7.04. The van der Waals surface area contributed by atoms with Gasteiger partial charge in [-0.05, 0) is 32.9 Å². The highest BCUT2D eigenvalue weighted by atomic mass is 35.5. The summed E-state index contributed by atoms with van der Waals surface area (Å²) in [4.78, 5) is 11.9. The average Bonchev–Trinajstić information content (AvgIpc) is 2.31. The summed E-state index contributed by atoms with van der Waals surface area (Å²) in [5.41, 5.74) is 5.11. The lowest BCUT2D eigenvalue weighted by atomic mass is 10.1. The minimum absolute atomic E-state index is 0. The maximum Gasteiger partial charge on any atom is 0.261 e. The normalized spacial score (nSPS) is 12.3. The first-order valence-electron chi connectivity index (χ1n) is 5.79. The molecule has 1 aromatic carbocycles. The molecule has 0 saturated carbocycles. The lowest BCUT2D eigenvalue weighted by Gasteiger charge is -2.26. The van der Waals surface area contributed by atoms with Gasteiger partial charge in [0.05, 0.1) is 5.02 Å². The van der Waals surface area contributed by atoms with Crippen LogP contribution in [0.3, 0.4) is 0 Å². The van der Waals surface area contributed by atoms with E-state index in [9.17, 15) is 4.79 Å². The molecule has 0 aliphatic rings. The topological polar surface area (TPSA) is 64.3 Å². The van der Waals surface area contributed by atoms with E-state index in [0.29, 0.717) is 17.3 Å². The van der Waals surface area contributed by atoms with Gasteiger partial charge in [-0.2, -0.15) is 0 Å². The molecule has 19 heavy (non-hydrogen) atoms. The zero-order valence-corrected chi connectivity index (χ0v) is 12.8. The largest absolute Gasteiger partial charge is 0.479 e. The van der Waals surface area contributed by atoms with E-state index in [1.807, 2.05) is 13.8 Å². The van der Waals surface area contributed by atoms with Crippen LogP contribution in [0.5, 0.6) is 5.75 Å². The summed E-state index contributed by atoms with van der Waals surface area (Å²) in [6.45, 7) is 5.74. The highest BCUT2D eigenvalue weighted by Gasteiger charge is 2.23. The smallest absolute Gasteiger partial charge is 0.261 e. The van der Waals surface area contributed by atoms with Crippen molar-refractivity contribution in [2.75, 3.05) is 6.54 Å². The van der Waals surface area contributed by atoms with Crippen molar-refractivity contribution >= 4 is 29.9 Å². The van der Waals surface area contributed by atoms with Gasteiger partial charge in [0.15, 0.2) is 6.10 Å². The molecule has 0 aliphatic carbocycles. The van der Waals surface area contributed by atoms with Gasteiger partial charge in [0.2, 0.25) is 0 Å². The molecule has 0 heterocycles. The van der Waals surface area contributed by atoms with Gasteiger partial charge in [-0.15, -0.1) is 12.4 Å². The van der Waals surface area contributed by atoms with Gasteiger partial charge < -0.3 is 15.8 Å². The van der Waals surface area contributed by atoms with Gasteiger partial charge in [-0.1, -0.05) is 23.7 Å². The fraction of sp³-hybridized carbons (Fsp3) is 0.462. The predicted octanol–water partition coefficient (Wildman–Crippen LogP) is 2.38. The van der Waals surface area contributed by atoms with E-state index in [0.717, 1.165) is 0 Å². The first kappa shape index (κ1) is 18.0. The van der Waals surface area contributed by atoms with Crippen molar-refractivity contribution in [2.45, 2.75) is 32.4 Å². The number of halogens is 2. The molecule has 1 unspecified atom stereocenters. The SMILES string of the molecule is CC(Oc1ccccc1Cl)C(=O)NC(C)(C)CN.Cl. The molecule has 0 spiro atoms. The maximum atomic E-state index is 11.9. The van der Waals surface area contributed by atoms with Gasteiger partial charge in [0.25, 0.3) is 5.91 Å². The number of nitrogens with two attached hydrogens (primary N) is 1. The number of carbonyl (C=O) groups is 1. The van der Waals surface area contributed by atoms with E-state index in [-0.39, 0.29) is 18.3 Å². The van der Waals surface area contributed by atoms with Crippen molar-refractivity contribution in [3.8, 4) is 5.75 Å².